The van der Waals surface area contributed by atoms with E-state index in [2.05, 4.69) is 58.6 Å². The number of fused-ring (bicyclic) bond motifs is 6. The summed E-state index contributed by atoms with van der Waals surface area (Å²) in [5.41, 5.74) is 7.40. The van der Waals surface area contributed by atoms with Gasteiger partial charge >= 0.3 is 6.09 Å². The topological polar surface area (TPSA) is 155 Å². The molecule has 0 aliphatic carbocycles. The van der Waals surface area contributed by atoms with E-state index in [1.54, 1.807) is 18.4 Å². The van der Waals surface area contributed by atoms with Crippen molar-refractivity contribution in [2.24, 2.45) is 11.8 Å². The predicted octanol–water partition coefficient (Wildman–Crippen LogP) is 8.21. The van der Waals surface area contributed by atoms with Crippen LogP contribution in [0, 0.1) is 18.3 Å². The summed E-state index contributed by atoms with van der Waals surface area (Å²) in [5.74, 6) is 2.34. The van der Waals surface area contributed by atoms with Crippen molar-refractivity contribution < 1.29 is 28.6 Å². The third-order valence-electron chi connectivity index (χ3n) is 12.2. The number of hydrogen-bond acceptors (Lipinski definition) is 8. The molecule has 2 saturated heterocycles. The molecule has 0 unspecified atom stereocenters. The maximum atomic E-state index is 14.4. The van der Waals surface area contributed by atoms with Gasteiger partial charge in [-0.15, -0.1) is 0 Å². The first kappa shape index (κ1) is 39.3. The number of rotatable bonds is 10. The fourth-order valence-electron chi connectivity index (χ4n) is 9.34. The Kier molecular flexibility index (Phi) is 10.5. The Labute approximate surface area is 348 Å². The fourth-order valence-corrected chi connectivity index (χ4v) is 9.34. The largest absolute Gasteiger partial charge is 0.488 e. The first-order chi connectivity index (χ1) is 29.1. The summed E-state index contributed by atoms with van der Waals surface area (Å²) < 4.78 is 16.9. The number of H-pyrrole nitrogens is 2. The number of nitrogens with zero attached hydrogens (tertiary/aromatic N) is 4. The molecule has 3 aliphatic rings. The van der Waals surface area contributed by atoms with Gasteiger partial charge in [-0.25, -0.2) is 14.8 Å². The van der Waals surface area contributed by atoms with Crippen molar-refractivity contribution in [3.05, 3.63) is 108 Å². The first-order valence-electron chi connectivity index (χ1n) is 20.7. The fraction of sp³-hybridized carbons (Fsp3) is 0.362. The molecule has 5 atom stereocenters. The van der Waals surface area contributed by atoms with E-state index in [9.17, 15) is 14.4 Å². The molecular formula is C47H50N7O6. The molecule has 0 spiro atoms. The molecule has 60 heavy (non-hydrogen) atoms. The number of ether oxygens (including phenoxy) is 3. The van der Waals surface area contributed by atoms with Gasteiger partial charge in [-0.3, -0.25) is 9.59 Å². The zero-order valence-electron chi connectivity index (χ0n) is 34.5. The van der Waals surface area contributed by atoms with Gasteiger partial charge in [0.05, 0.1) is 55.1 Å². The zero-order chi connectivity index (χ0) is 41.7. The van der Waals surface area contributed by atoms with Gasteiger partial charge < -0.3 is 39.3 Å². The molecule has 3 N–H and O–H groups in total. The normalized spacial score (nSPS) is 20.3. The molecule has 1 radical (unpaired) electrons. The van der Waals surface area contributed by atoms with Crippen LogP contribution >= 0.6 is 0 Å². The van der Waals surface area contributed by atoms with Crippen molar-refractivity contribution in [3.63, 3.8) is 0 Å². The van der Waals surface area contributed by atoms with Crippen LogP contribution in [0.15, 0.2) is 79.0 Å². The predicted molar refractivity (Wildman–Crippen MR) is 228 cm³/mol. The van der Waals surface area contributed by atoms with Gasteiger partial charge in [0.1, 0.15) is 30.0 Å². The summed E-state index contributed by atoms with van der Waals surface area (Å²) >= 11 is 0. The van der Waals surface area contributed by atoms with E-state index in [0.29, 0.717) is 37.6 Å². The van der Waals surface area contributed by atoms with Crippen LogP contribution in [-0.4, -0.2) is 81.1 Å². The van der Waals surface area contributed by atoms with Crippen LogP contribution in [0.25, 0.3) is 44.2 Å². The van der Waals surface area contributed by atoms with Crippen molar-refractivity contribution in [1.29, 1.82) is 0 Å². The van der Waals surface area contributed by atoms with Crippen molar-refractivity contribution >= 4 is 39.7 Å². The second-order valence-corrected chi connectivity index (χ2v) is 16.6. The second kappa shape index (κ2) is 16.1. The van der Waals surface area contributed by atoms with Gasteiger partial charge in [0.15, 0.2) is 0 Å². The molecule has 4 aromatic carbocycles. The minimum absolute atomic E-state index is 0.0656. The maximum absolute atomic E-state index is 14.4. The summed E-state index contributed by atoms with van der Waals surface area (Å²) in [6.45, 7) is 7.50. The van der Waals surface area contributed by atoms with E-state index >= 15 is 0 Å². The van der Waals surface area contributed by atoms with Gasteiger partial charge in [0.2, 0.25) is 5.91 Å². The highest BCUT2D eigenvalue weighted by molar-refractivity contribution is 6.07. The average Bonchev–Trinajstić information content (AvgIpc) is 4.07. The highest BCUT2D eigenvalue weighted by Crippen LogP contribution is 2.44. The lowest BCUT2D eigenvalue weighted by Crippen LogP contribution is -2.43. The van der Waals surface area contributed by atoms with E-state index in [0.717, 1.165) is 74.2 Å². The first-order valence-corrected chi connectivity index (χ1v) is 20.7. The monoisotopic (exact) mass is 808 g/mol. The lowest BCUT2D eigenvalue weighted by molar-refractivity contribution is -0.135. The number of aromatic nitrogens is 4. The van der Waals surface area contributed by atoms with Crippen LogP contribution in [0.4, 0.5) is 4.79 Å². The number of carbonyl (C=O) groups is 3. The summed E-state index contributed by atoms with van der Waals surface area (Å²) in [7, 11) is 2.95. The van der Waals surface area contributed by atoms with E-state index in [1.165, 1.54) is 7.11 Å². The van der Waals surface area contributed by atoms with Crippen molar-refractivity contribution in [3.8, 4) is 28.1 Å². The van der Waals surface area contributed by atoms with Crippen molar-refractivity contribution in [1.82, 2.24) is 35.1 Å². The van der Waals surface area contributed by atoms with Crippen molar-refractivity contribution in [2.45, 2.75) is 70.8 Å². The molecule has 2 fully saturated rings. The van der Waals surface area contributed by atoms with Crippen LogP contribution in [-0.2, 0) is 25.7 Å². The Morgan fingerprint density at radius 1 is 0.967 bits per heavy atom. The number of aromatic amines is 2. The van der Waals surface area contributed by atoms with Crippen LogP contribution in [0.5, 0.6) is 5.75 Å². The highest BCUT2D eigenvalue weighted by Gasteiger charge is 2.42. The number of carbonyl (C=O) groups excluding carboxylic acids is 3. The van der Waals surface area contributed by atoms with Crippen LogP contribution in [0.2, 0.25) is 0 Å². The van der Waals surface area contributed by atoms with Crippen LogP contribution in [0.3, 0.4) is 0 Å². The minimum Gasteiger partial charge on any atom is -0.488 e. The molecule has 2 aromatic heterocycles. The number of alkyl carbamates (subject to hydrolysis) is 1. The Balaban J connectivity index is 0.999. The van der Waals surface area contributed by atoms with Crippen molar-refractivity contribution in [2.75, 3.05) is 27.4 Å². The number of nitrogens with one attached hydrogen (secondary N) is 3. The lowest BCUT2D eigenvalue weighted by Gasteiger charge is -2.28. The van der Waals surface area contributed by atoms with Gasteiger partial charge in [-0.1, -0.05) is 62.4 Å². The Bertz CT molecular complexity index is 2580. The zero-order valence-corrected chi connectivity index (χ0v) is 34.5. The van der Waals surface area contributed by atoms with Crippen LogP contribution in [0.1, 0.15) is 80.9 Å². The lowest BCUT2D eigenvalue weighted by atomic mass is 9.92. The molecule has 0 bridgehead atoms. The molecule has 3 aliphatic heterocycles. The van der Waals surface area contributed by atoms with Gasteiger partial charge in [0.25, 0.3) is 5.91 Å². The van der Waals surface area contributed by atoms with Crippen LogP contribution < -0.4 is 10.1 Å². The van der Waals surface area contributed by atoms with E-state index in [-0.39, 0.29) is 41.8 Å². The molecule has 5 heterocycles. The van der Waals surface area contributed by atoms with Gasteiger partial charge in [-0.05, 0) is 84.0 Å². The third-order valence-corrected chi connectivity index (χ3v) is 12.2. The molecule has 13 nitrogen and oxygen atoms in total. The summed E-state index contributed by atoms with van der Waals surface area (Å²) in [4.78, 5) is 60.7. The Morgan fingerprint density at radius 3 is 2.58 bits per heavy atom. The average molecular weight is 809 g/mol. The highest BCUT2D eigenvalue weighted by atomic mass is 16.5. The van der Waals surface area contributed by atoms with E-state index in [4.69, 9.17) is 24.2 Å². The number of imidazole rings is 2. The number of methoxy groups -OCH3 is 2. The molecule has 0 saturated carbocycles. The van der Waals surface area contributed by atoms with E-state index in [1.807, 2.05) is 61.3 Å². The minimum atomic E-state index is -0.940. The van der Waals surface area contributed by atoms with Gasteiger partial charge in [-0.2, -0.15) is 0 Å². The number of amides is 3. The second-order valence-electron chi connectivity index (χ2n) is 16.6. The number of benzene rings is 4. The summed E-state index contributed by atoms with van der Waals surface area (Å²) in [6.07, 6.45) is 5.43. The Hall–Kier alpha value is -6.21. The SMILES string of the molecule is COC[C@H]1C[C@@H](c2nc3ccc4cc5c(cc4c3[nH]2)OCc2cc(-c3cnc([C@@H]4CC[C@H](C)N4C(=O)[CH]C(C)C)[nH]3)ccc2-5)N(C(=O)[C@H](NC(=O)OC)c2ccccc2)C1. The quantitative estimate of drug-likeness (QED) is 0.125. The molecular weight excluding hydrogens is 759 g/mol. The molecule has 309 valence electrons. The Morgan fingerprint density at radius 2 is 1.80 bits per heavy atom. The molecule has 13 heteroatoms. The summed E-state index contributed by atoms with van der Waals surface area (Å²) in [6, 6.07) is 22.7. The molecule has 6 aromatic rings. The van der Waals surface area contributed by atoms with Gasteiger partial charge in [0, 0.05) is 36.6 Å². The number of hydrogen-bond donors (Lipinski definition) is 3. The molecule has 3 amide bonds. The smallest absolute Gasteiger partial charge is 0.407 e. The van der Waals surface area contributed by atoms with E-state index < -0.39 is 12.1 Å². The number of likely N-dealkylation sites (tertiary alicyclic amines) is 2. The standard InChI is InChI=1S/C47H50N7O6/c1-26(2)17-41(55)54-27(3)11-16-38(54)44-48-22-37(50-44)31-12-14-33-32(19-31)25-60-40-21-34-30(20-35(33)40)13-15-36-43(34)51-45(49-36)39-18-28(24-58-4)23-53(39)46(56)42(52-47(57)59-5)29-9-7-6-8-10-29/h6-10,12-15,17,19-22,26-28,38-39,42H,11,16,18,23-25H2,1-5H3,(H,48,50)(H,49,51)(H,52,57)/t27-,28-,38-,39-,42+/m0/s1. The third kappa shape index (κ3) is 7.25. The molecule has 9 rings (SSSR count). The summed E-state index contributed by atoms with van der Waals surface area (Å²) in [5, 5.41) is 4.75. The maximum Gasteiger partial charge on any atom is 0.407 e.